The predicted molar refractivity (Wildman–Crippen MR) is 101 cm³/mol. The smallest absolute Gasteiger partial charge is 0.157 e. The lowest BCUT2D eigenvalue weighted by Gasteiger charge is -2.29. The van der Waals surface area contributed by atoms with Gasteiger partial charge in [-0.2, -0.15) is 0 Å². The summed E-state index contributed by atoms with van der Waals surface area (Å²) >= 11 is 18.2. The molecule has 0 atom stereocenters. The van der Waals surface area contributed by atoms with Crippen molar-refractivity contribution in [3.05, 3.63) is 63.4 Å². The number of rotatable bonds is 4. The minimum Gasteiger partial charge on any atom is -0.486 e. The normalized spacial score (nSPS) is 14.4. The third-order valence-corrected chi connectivity index (χ3v) is 4.90. The van der Waals surface area contributed by atoms with Crippen molar-refractivity contribution >= 4 is 40.4 Å². The van der Waals surface area contributed by atoms with Gasteiger partial charge in [-0.1, -0.05) is 47.6 Å². The van der Waals surface area contributed by atoms with E-state index in [1.807, 2.05) is 0 Å². The summed E-state index contributed by atoms with van der Waals surface area (Å²) in [7, 11) is 0. The van der Waals surface area contributed by atoms with Crippen LogP contribution in [0.2, 0.25) is 10.0 Å². The van der Waals surface area contributed by atoms with Crippen molar-refractivity contribution in [3.63, 3.8) is 0 Å². The molecular formula is C18H16Cl2FNO2S. The fourth-order valence-corrected chi connectivity index (χ4v) is 3.40. The molecule has 1 heterocycles. The van der Waals surface area contributed by atoms with Gasteiger partial charge in [0.25, 0.3) is 0 Å². The Labute approximate surface area is 161 Å². The lowest BCUT2D eigenvalue weighted by molar-refractivity contribution is 0.0693. The SMILES string of the molecule is Fc1ccc(COc2c(Cl)cc(C(=S)N3CCOCC3)cc2Cl)cc1. The number of hydrogen-bond donors (Lipinski definition) is 0. The van der Waals surface area contributed by atoms with Gasteiger partial charge < -0.3 is 14.4 Å². The molecule has 3 nitrogen and oxygen atoms in total. The Kier molecular flexibility index (Phi) is 6.12. The Balaban J connectivity index is 1.73. The van der Waals surface area contributed by atoms with Gasteiger partial charge in [0, 0.05) is 18.7 Å². The molecule has 7 heteroatoms. The third-order valence-electron chi connectivity index (χ3n) is 3.84. The Hall–Kier alpha value is -1.40. The molecule has 1 aliphatic rings. The van der Waals surface area contributed by atoms with E-state index in [-0.39, 0.29) is 12.4 Å². The van der Waals surface area contributed by atoms with Crippen LogP contribution in [0.3, 0.4) is 0 Å². The van der Waals surface area contributed by atoms with Gasteiger partial charge in [0.1, 0.15) is 17.4 Å². The summed E-state index contributed by atoms with van der Waals surface area (Å²) in [6.07, 6.45) is 0. The van der Waals surface area contributed by atoms with Crippen LogP contribution in [-0.2, 0) is 11.3 Å². The van der Waals surface area contributed by atoms with Crippen molar-refractivity contribution in [2.75, 3.05) is 26.3 Å². The van der Waals surface area contributed by atoms with Crippen LogP contribution in [0.25, 0.3) is 0 Å². The average Bonchev–Trinajstić information content (AvgIpc) is 2.62. The first-order valence-corrected chi connectivity index (χ1v) is 8.94. The maximum absolute atomic E-state index is 12.9. The van der Waals surface area contributed by atoms with E-state index in [4.69, 9.17) is 44.9 Å². The number of morpholine rings is 1. The molecule has 25 heavy (non-hydrogen) atoms. The van der Waals surface area contributed by atoms with Gasteiger partial charge in [0.15, 0.2) is 5.75 Å². The summed E-state index contributed by atoms with van der Waals surface area (Å²) in [4.78, 5) is 2.76. The molecule has 0 N–H and O–H groups in total. The first-order valence-electron chi connectivity index (χ1n) is 7.78. The van der Waals surface area contributed by atoms with E-state index in [1.54, 1.807) is 24.3 Å². The highest BCUT2D eigenvalue weighted by molar-refractivity contribution is 7.80. The highest BCUT2D eigenvalue weighted by Crippen LogP contribution is 2.35. The molecule has 132 valence electrons. The van der Waals surface area contributed by atoms with Crippen LogP contribution < -0.4 is 4.74 Å². The fourth-order valence-electron chi connectivity index (χ4n) is 2.51. The molecule has 2 aromatic rings. The van der Waals surface area contributed by atoms with Gasteiger partial charge in [-0.05, 0) is 29.8 Å². The van der Waals surface area contributed by atoms with Gasteiger partial charge in [-0.15, -0.1) is 0 Å². The van der Waals surface area contributed by atoms with Crippen molar-refractivity contribution in [2.24, 2.45) is 0 Å². The van der Waals surface area contributed by atoms with E-state index in [2.05, 4.69) is 4.90 Å². The lowest BCUT2D eigenvalue weighted by atomic mass is 10.2. The van der Waals surface area contributed by atoms with E-state index in [1.165, 1.54) is 12.1 Å². The Morgan fingerprint density at radius 3 is 2.32 bits per heavy atom. The van der Waals surface area contributed by atoms with Crippen LogP contribution in [0.1, 0.15) is 11.1 Å². The predicted octanol–water partition coefficient (Wildman–Crippen LogP) is 4.72. The summed E-state index contributed by atoms with van der Waals surface area (Å²) in [5, 5.41) is 0.778. The molecule has 0 unspecified atom stereocenters. The van der Waals surface area contributed by atoms with Crippen molar-refractivity contribution in [2.45, 2.75) is 6.61 Å². The summed E-state index contributed by atoms with van der Waals surface area (Å²) < 4.78 is 24.0. The van der Waals surface area contributed by atoms with E-state index in [0.29, 0.717) is 34.0 Å². The number of halogens is 3. The van der Waals surface area contributed by atoms with Crippen LogP contribution in [0.4, 0.5) is 4.39 Å². The van der Waals surface area contributed by atoms with Crippen LogP contribution in [-0.4, -0.2) is 36.2 Å². The molecule has 0 spiro atoms. The van der Waals surface area contributed by atoms with Gasteiger partial charge in [0.05, 0.1) is 23.3 Å². The quantitative estimate of drug-likeness (QED) is 0.693. The van der Waals surface area contributed by atoms with Crippen molar-refractivity contribution in [1.29, 1.82) is 0 Å². The monoisotopic (exact) mass is 399 g/mol. The van der Waals surface area contributed by atoms with Crippen LogP contribution in [0.5, 0.6) is 5.75 Å². The molecule has 1 fully saturated rings. The molecule has 0 saturated carbocycles. The second kappa shape index (κ2) is 8.32. The van der Waals surface area contributed by atoms with Crippen molar-refractivity contribution < 1.29 is 13.9 Å². The highest BCUT2D eigenvalue weighted by atomic mass is 35.5. The van der Waals surface area contributed by atoms with Crippen LogP contribution >= 0.6 is 35.4 Å². The second-order valence-electron chi connectivity index (χ2n) is 5.59. The zero-order valence-electron chi connectivity index (χ0n) is 13.3. The fraction of sp³-hybridized carbons (Fsp3) is 0.278. The minimum absolute atomic E-state index is 0.243. The van der Waals surface area contributed by atoms with Crippen LogP contribution in [0.15, 0.2) is 36.4 Å². The third kappa shape index (κ3) is 4.61. The Morgan fingerprint density at radius 2 is 1.72 bits per heavy atom. The Bertz CT molecular complexity index is 741. The molecule has 0 bridgehead atoms. The summed E-state index contributed by atoms with van der Waals surface area (Å²) in [5.74, 6) is 0.0991. The average molecular weight is 400 g/mol. The molecule has 1 saturated heterocycles. The molecular weight excluding hydrogens is 384 g/mol. The van der Waals surface area contributed by atoms with Gasteiger partial charge in [-0.25, -0.2) is 4.39 Å². The highest BCUT2D eigenvalue weighted by Gasteiger charge is 2.18. The molecule has 0 radical (unpaired) electrons. The number of benzene rings is 2. The van der Waals surface area contributed by atoms with Gasteiger partial charge in [-0.3, -0.25) is 0 Å². The van der Waals surface area contributed by atoms with E-state index >= 15 is 0 Å². The summed E-state index contributed by atoms with van der Waals surface area (Å²) in [6, 6.07) is 9.58. The molecule has 1 aliphatic heterocycles. The maximum atomic E-state index is 12.9. The first-order chi connectivity index (χ1) is 12.0. The summed E-state index contributed by atoms with van der Waals surface area (Å²) in [5.41, 5.74) is 1.60. The van der Waals surface area contributed by atoms with E-state index < -0.39 is 0 Å². The lowest BCUT2D eigenvalue weighted by Crippen LogP contribution is -2.40. The minimum atomic E-state index is -0.291. The number of thiocarbonyl (C=S) groups is 1. The van der Waals surface area contributed by atoms with Crippen molar-refractivity contribution in [1.82, 2.24) is 4.90 Å². The summed E-state index contributed by atoms with van der Waals surface area (Å²) in [6.45, 7) is 3.04. The Morgan fingerprint density at radius 1 is 1.12 bits per heavy atom. The van der Waals surface area contributed by atoms with Crippen molar-refractivity contribution in [3.8, 4) is 5.75 Å². The van der Waals surface area contributed by atoms with Crippen LogP contribution in [0, 0.1) is 5.82 Å². The number of nitrogens with zero attached hydrogens (tertiary/aromatic N) is 1. The zero-order valence-corrected chi connectivity index (χ0v) is 15.6. The topological polar surface area (TPSA) is 21.7 Å². The number of ether oxygens (including phenoxy) is 2. The van der Waals surface area contributed by atoms with E-state index in [9.17, 15) is 4.39 Å². The largest absolute Gasteiger partial charge is 0.486 e. The molecule has 0 aromatic heterocycles. The van der Waals surface area contributed by atoms with Gasteiger partial charge in [0.2, 0.25) is 0 Å². The molecule has 3 rings (SSSR count). The second-order valence-corrected chi connectivity index (χ2v) is 6.79. The maximum Gasteiger partial charge on any atom is 0.157 e. The standard InChI is InChI=1S/C18H16Cl2FNO2S/c19-15-9-13(18(25)22-5-7-23-8-6-22)10-16(20)17(15)24-11-12-1-3-14(21)4-2-12/h1-4,9-10H,5-8,11H2. The van der Waals surface area contributed by atoms with E-state index in [0.717, 1.165) is 24.2 Å². The molecule has 2 aromatic carbocycles. The molecule has 0 aliphatic carbocycles. The zero-order chi connectivity index (χ0) is 17.8. The van der Waals surface area contributed by atoms with Gasteiger partial charge >= 0.3 is 0 Å². The molecule has 0 amide bonds. The number of hydrogen-bond acceptors (Lipinski definition) is 3. The first kappa shape index (κ1) is 18.4.